The van der Waals surface area contributed by atoms with Crippen LogP contribution in [0.5, 0.6) is 0 Å². The first-order valence-electron chi connectivity index (χ1n) is 16.4. The zero-order valence-electron chi connectivity index (χ0n) is 27.1. The molecule has 1 aromatic carbocycles. The van der Waals surface area contributed by atoms with Gasteiger partial charge < -0.3 is 10.6 Å². The molecule has 1 aliphatic rings. The molecule has 1 atom stereocenters. The van der Waals surface area contributed by atoms with Gasteiger partial charge in [0.25, 0.3) is 0 Å². The Morgan fingerprint density at radius 2 is 1.71 bits per heavy atom. The summed E-state index contributed by atoms with van der Waals surface area (Å²) in [6, 6.07) is 8.94. The number of hydrogen-bond acceptors (Lipinski definition) is 2. The average Bonchev–Trinajstić information content (AvgIpc) is 3.44. The lowest BCUT2D eigenvalue weighted by molar-refractivity contribution is 0.381. The van der Waals surface area contributed by atoms with Crippen LogP contribution in [-0.2, 0) is 6.42 Å². The summed E-state index contributed by atoms with van der Waals surface area (Å²) in [7, 11) is 2.04. The molecule has 2 N–H and O–H groups in total. The molecule has 2 rings (SSSR count). The molecule has 0 aliphatic heterocycles. The molecule has 0 saturated carbocycles. The molecule has 1 unspecified atom stereocenters. The normalized spacial score (nSPS) is 15.5. The SMILES string of the molecule is C/C=C\C(C)(C/C=C(\NC)C1=C=CC=C1CCCC)CCCN/C(=C\CC/C=C\CCC)c1ccccc1CCC. The van der Waals surface area contributed by atoms with Crippen LogP contribution in [0.2, 0.25) is 0 Å². The first-order chi connectivity index (χ1) is 20.0. The lowest BCUT2D eigenvalue weighted by atomic mass is 9.81. The van der Waals surface area contributed by atoms with Crippen LogP contribution >= 0.6 is 0 Å². The van der Waals surface area contributed by atoms with Crippen molar-refractivity contribution in [2.45, 2.75) is 112 Å². The van der Waals surface area contributed by atoms with Gasteiger partial charge in [0, 0.05) is 36.1 Å². The van der Waals surface area contributed by atoms with Gasteiger partial charge in [0.05, 0.1) is 0 Å². The second kappa shape index (κ2) is 20.0. The third-order valence-corrected chi connectivity index (χ3v) is 7.88. The summed E-state index contributed by atoms with van der Waals surface area (Å²) in [4.78, 5) is 0. The molecule has 0 aromatic heterocycles. The average molecular weight is 555 g/mol. The molecule has 224 valence electrons. The standard InChI is InChI=1S/C39H58N2/c1-7-11-13-14-15-16-27-38(36-25-18-17-23-33(36)21-9-3)41-32-20-30-39(5,29-10-4)31-28-37(40-6)35-26-19-24-34(35)22-12-8-2/h10,13-14,17-19,23-25,27-29,40-41H,7-9,11-12,15-16,20-22,30-32H2,1-6H3/b14-13-,29-10-,37-28-,38-27-. The molecule has 2 nitrogen and oxygen atoms in total. The smallest absolute Gasteiger partial charge is 0.0452 e. The minimum atomic E-state index is 0.114. The molecule has 0 radical (unpaired) electrons. The summed E-state index contributed by atoms with van der Waals surface area (Å²) < 4.78 is 0. The molecule has 0 spiro atoms. The van der Waals surface area contributed by atoms with E-state index in [2.05, 4.69) is 124 Å². The molecule has 1 aromatic rings. The van der Waals surface area contributed by atoms with E-state index in [0.717, 1.165) is 57.9 Å². The van der Waals surface area contributed by atoms with Crippen molar-refractivity contribution in [2.24, 2.45) is 5.41 Å². The lowest BCUT2D eigenvalue weighted by Crippen LogP contribution is -2.20. The first kappa shape index (κ1) is 34.2. The largest absolute Gasteiger partial charge is 0.387 e. The number of nitrogens with one attached hydrogen (secondary N) is 2. The summed E-state index contributed by atoms with van der Waals surface area (Å²) in [5, 5.41) is 7.33. The predicted octanol–water partition coefficient (Wildman–Crippen LogP) is 10.8. The number of benzene rings is 1. The number of hydrogen-bond donors (Lipinski definition) is 2. The van der Waals surface area contributed by atoms with Gasteiger partial charge in [-0.25, -0.2) is 0 Å². The molecule has 1 aliphatic carbocycles. The van der Waals surface area contributed by atoms with Gasteiger partial charge in [-0.05, 0) is 93.4 Å². The molecular formula is C39H58N2. The summed E-state index contributed by atoms with van der Waals surface area (Å²) in [6.45, 7) is 12.3. The highest BCUT2D eigenvalue weighted by Crippen LogP contribution is 2.33. The fraction of sp³-hybridized carbons (Fsp3) is 0.513. The third kappa shape index (κ3) is 12.2. The van der Waals surface area contributed by atoms with E-state index in [1.807, 2.05) is 7.05 Å². The van der Waals surface area contributed by atoms with Crippen LogP contribution in [0.25, 0.3) is 5.70 Å². The van der Waals surface area contributed by atoms with E-state index >= 15 is 0 Å². The summed E-state index contributed by atoms with van der Waals surface area (Å²) >= 11 is 0. The number of rotatable bonds is 21. The van der Waals surface area contributed by atoms with Crippen molar-refractivity contribution in [3.63, 3.8) is 0 Å². The van der Waals surface area contributed by atoms with Gasteiger partial charge >= 0.3 is 0 Å². The molecule has 2 heteroatoms. The predicted molar refractivity (Wildman–Crippen MR) is 183 cm³/mol. The monoisotopic (exact) mass is 554 g/mol. The van der Waals surface area contributed by atoms with E-state index in [0.29, 0.717) is 0 Å². The van der Waals surface area contributed by atoms with Gasteiger partial charge in [-0.3, -0.25) is 0 Å². The molecule has 0 heterocycles. The van der Waals surface area contributed by atoms with Crippen LogP contribution in [0.15, 0.2) is 95.4 Å². The van der Waals surface area contributed by atoms with Crippen LogP contribution in [0.3, 0.4) is 0 Å². The highest BCUT2D eigenvalue weighted by molar-refractivity contribution is 5.67. The van der Waals surface area contributed by atoms with Crippen molar-refractivity contribution in [1.82, 2.24) is 10.6 Å². The molecular weight excluding hydrogens is 496 g/mol. The molecule has 0 saturated heterocycles. The van der Waals surface area contributed by atoms with Gasteiger partial charge in [0.1, 0.15) is 0 Å². The third-order valence-electron chi connectivity index (χ3n) is 7.88. The van der Waals surface area contributed by atoms with Crippen LogP contribution in [0, 0.1) is 5.41 Å². The Morgan fingerprint density at radius 3 is 2.44 bits per heavy atom. The van der Waals surface area contributed by atoms with E-state index in [9.17, 15) is 0 Å². The first-order valence-corrected chi connectivity index (χ1v) is 16.4. The second-order valence-corrected chi connectivity index (χ2v) is 11.6. The molecule has 0 amide bonds. The number of likely N-dealkylation sites (N-methyl/N-ethyl adjacent to an activating group) is 1. The quantitative estimate of drug-likeness (QED) is 0.0897. The molecule has 41 heavy (non-hydrogen) atoms. The van der Waals surface area contributed by atoms with Gasteiger partial charge in [0.2, 0.25) is 0 Å². The fourth-order valence-electron chi connectivity index (χ4n) is 5.54. The van der Waals surface area contributed by atoms with E-state index < -0.39 is 0 Å². The Labute approximate surface area is 253 Å². The number of allylic oxidation sites excluding steroid dienone is 8. The van der Waals surface area contributed by atoms with Crippen molar-refractivity contribution in [3.8, 4) is 0 Å². The molecule has 0 fully saturated rings. The van der Waals surface area contributed by atoms with E-state index in [4.69, 9.17) is 0 Å². The number of unbranched alkanes of at least 4 members (excludes halogenated alkanes) is 3. The Kier molecular flexibility index (Phi) is 16.7. The Bertz CT molecular complexity index is 1120. The van der Waals surface area contributed by atoms with Crippen LogP contribution in [-0.4, -0.2) is 13.6 Å². The Hall–Kier alpha value is -2.96. The highest BCUT2D eigenvalue weighted by Gasteiger charge is 2.21. The van der Waals surface area contributed by atoms with Gasteiger partial charge in [-0.2, -0.15) is 0 Å². The van der Waals surface area contributed by atoms with Gasteiger partial charge in [-0.15, -0.1) is 5.73 Å². The highest BCUT2D eigenvalue weighted by atomic mass is 14.9. The lowest BCUT2D eigenvalue weighted by Gasteiger charge is -2.26. The summed E-state index contributed by atoms with van der Waals surface area (Å²) in [5.41, 5.74) is 11.6. The maximum absolute atomic E-state index is 3.86. The van der Waals surface area contributed by atoms with Crippen molar-refractivity contribution >= 4 is 5.70 Å². The van der Waals surface area contributed by atoms with Gasteiger partial charge in [-0.1, -0.05) is 108 Å². The maximum atomic E-state index is 3.86. The van der Waals surface area contributed by atoms with E-state index in [-0.39, 0.29) is 5.41 Å². The number of aryl methyl sites for hydroxylation is 1. The van der Waals surface area contributed by atoms with Crippen molar-refractivity contribution < 1.29 is 0 Å². The topological polar surface area (TPSA) is 24.1 Å². The van der Waals surface area contributed by atoms with E-state index in [1.54, 1.807) is 0 Å². The van der Waals surface area contributed by atoms with Crippen molar-refractivity contribution in [1.29, 1.82) is 0 Å². The van der Waals surface area contributed by atoms with Crippen LogP contribution < -0.4 is 10.6 Å². The minimum Gasteiger partial charge on any atom is -0.387 e. The zero-order valence-corrected chi connectivity index (χ0v) is 27.1. The summed E-state index contributed by atoms with van der Waals surface area (Å²) in [5.74, 6) is 0. The second-order valence-electron chi connectivity index (χ2n) is 11.6. The Morgan fingerprint density at radius 1 is 0.902 bits per heavy atom. The van der Waals surface area contributed by atoms with E-state index in [1.165, 1.54) is 59.4 Å². The van der Waals surface area contributed by atoms with Crippen molar-refractivity contribution in [3.05, 3.63) is 107 Å². The fourth-order valence-corrected chi connectivity index (χ4v) is 5.54. The maximum Gasteiger partial charge on any atom is 0.0452 e. The Balaban J connectivity index is 2.08. The zero-order chi connectivity index (χ0) is 29.8. The van der Waals surface area contributed by atoms with Crippen LogP contribution in [0.1, 0.15) is 116 Å². The minimum absolute atomic E-state index is 0.114. The molecule has 0 bridgehead atoms. The van der Waals surface area contributed by atoms with Crippen molar-refractivity contribution in [2.75, 3.05) is 13.6 Å². The summed E-state index contributed by atoms with van der Waals surface area (Å²) in [6.07, 6.45) is 32.1. The van der Waals surface area contributed by atoms with Gasteiger partial charge in [0.15, 0.2) is 0 Å². The van der Waals surface area contributed by atoms with Crippen LogP contribution in [0.4, 0.5) is 0 Å².